The highest BCUT2D eigenvalue weighted by Crippen LogP contribution is 2.35. The minimum absolute atomic E-state index is 0.246. The van der Waals surface area contributed by atoms with Gasteiger partial charge in [-0.15, -0.1) is 5.10 Å². The van der Waals surface area contributed by atoms with Crippen LogP contribution in [0, 0.1) is 6.92 Å². The van der Waals surface area contributed by atoms with Gasteiger partial charge in [-0.2, -0.15) is 14.6 Å². The van der Waals surface area contributed by atoms with E-state index in [1.54, 1.807) is 0 Å². The van der Waals surface area contributed by atoms with E-state index in [-0.39, 0.29) is 12.2 Å². The fourth-order valence-electron chi connectivity index (χ4n) is 4.87. The molecule has 42 heavy (non-hydrogen) atoms. The van der Waals surface area contributed by atoms with Gasteiger partial charge >= 0.3 is 0 Å². The molecule has 3 aromatic heterocycles. The van der Waals surface area contributed by atoms with Gasteiger partial charge < -0.3 is 14.2 Å². The first-order valence-corrected chi connectivity index (χ1v) is 14.6. The lowest BCUT2D eigenvalue weighted by atomic mass is 10.0. The van der Waals surface area contributed by atoms with E-state index in [0.717, 1.165) is 40.2 Å². The monoisotopic (exact) mass is 577 g/mol. The molecule has 210 valence electrons. The number of ether oxygens (including phenoxy) is 3. The normalized spacial score (nSPS) is 14.9. The summed E-state index contributed by atoms with van der Waals surface area (Å²) in [5.74, 6) is 2.58. The van der Waals surface area contributed by atoms with Crippen LogP contribution in [0.3, 0.4) is 0 Å². The van der Waals surface area contributed by atoms with Gasteiger partial charge in [0.2, 0.25) is 4.96 Å². The molecule has 9 nitrogen and oxygen atoms in total. The van der Waals surface area contributed by atoms with Crippen LogP contribution in [0.25, 0.3) is 28.0 Å². The molecule has 0 fully saturated rings. The molecule has 0 spiro atoms. The van der Waals surface area contributed by atoms with Gasteiger partial charge in [-0.05, 0) is 67.4 Å². The van der Waals surface area contributed by atoms with Crippen molar-refractivity contribution in [2.45, 2.75) is 26.4 Å². The summed E-state index contributed by atoms with van der Waals surface area (Å²) in [6.07, 6.45) is 4.24. The van der Waals surface area contributed by atoms with Gasteiger partial charge in [0.25, 0.3) is 5.56 Å². The van der Waals surface area contributed by atoms with E-state index >= 15 is 0 Å². The Balaban J connectivity index is 1.27. The number of rotatable bonds is 7. The number of benzene rings is 3. The molecule has 0 saturated carbocycles. The van der Waals surface area contributed by atoms with Crippen molar-refractivity contribution in [1.82, 2.24) is 24.4 Å². The Kier molecular flexibility index (Phi) is 6.67. The molecular formula is C32H27N5O4S. The Bertz CT molecular complexity index is 2010. The summed E-state index contributed by atoms with van der Waals surface area (Å²) in [5.41, 5.74) is 4.19. The highest BCUT2D eigenvalue weighted by atomic mass is 32.1. The van der Waals surface area contributed by atoms with Gasteiger partial charge in [-0.1, -0.05) is 48.6 Å². The number of aryl methyl sites for hydroxylation is 1. The third-order valence-corrected chi connectivity index (χ3v) is 7.91. The third kappa shape index (κ3) is 4.79. The van der Waals surface area contributed by atoms with E-state index in [2.05, 4.69) is 23.1 Å². The van der Waals surface area contributed by atoms with E-state index in [1.165, 1.54) is 15.9 Å². The van der Waals surface area contributed by atoms with Crippen LogP contribution in [0.5, 0.6) is 17.2 Å². The Morgan fingerprint density at radius 1 is 1.05 bits per heavy atom. The van der Waals surface area contributed by atoms with Crippen LogP contribution in [0.4, 0.5) is 0 Å². The van der Waals surface area contributed by atoms with Crippen LogP contribution in [-0.2, 0) is 0 Å². The summed E-state index contributed by atoms with van der Waals surface area (Å²) in [6, 6.07) is 23.4. The molecule has 1 atom stereocenters. The molecule has 7 rings (SSSR count). The molecule has 0 bridgehead atoms. The second kappa shape index (κ2) is 10.8. The van der Waals surface area contributed by atoms with Crippen molar-refractivity contribution in [3.05, 3.63) is 111 Å². The quantitative estimate of drug-likeness (QED) is 0.259. The van der Waals surface area contributed by atoms with Crippen LogP contribution in [0.15, 0.2) is 83.8 Å². The summed E-state index contributed by atoms with van der Waals surface area (Å²) < 4.78 is 21.4. The number of thiazole rings is 1. The van der Waals surface area contributed by atoms with Crippen molar-refractivity contribution in [3.63, 3.8) is 0 Å². The number of nitrogens with zero attached hydrogens (tertiary/aromatic N) is 5. The van der Waals surface area contributed by atoms with E-state index in [1.807, 2.05) is 90.6 Å². The van der Waals surface area contributed by atoms with Crippen molar-refractivity contribution >= 4 is 22.4 Å². The zero-order valence-electron chi connectivity index (χ0n) is 23.1. The van der Waals surface area contributed by atoms with Crippen molar-refractivity contribution < 1.29 is 14.2 Å². The van der Waals surface area contributed by atoms with Crippen LogP contribution in [0.2, 0.25) is 0 Å². The van der Waals surface area contributed by atoms with Gasteiger partial charge in [0.15, 0.2) is 23.4 Å². The maximum atomic E-state index is 13.5. The molecular weight excluding hydrogens is 550 g/mol. The van der Waals surface area contributed by atoms with E-state index in [4.69, 9.17) is 19.3 Å². The Hall–Kier alpha value is -4.96. The maximum Gasteiger partial charge on any atom is 0.291 e. The smallest absolute Gasteiger partial charge is 0.291 e. The topological polar surface area (TPSA) is 92.8 Å². The van der Waals surface area contributed by atoms with Gasteiger partial charge in [0, 0.05) is 17.3 Å². The lowest BCUT2D eigenvalue weighted by Crippen LogP contribution is -2.26. The molecule has 0 radical (unpaired) electrons. The first-order valence-electron chi connectivity index (χ1n) is 13.8. The lowest BCUT2D eigenvalue weighted by molar-refractivity contribution is 0.0852. The fourth-order valence-corrected chi connectivity index (χ4v) is 5.78. The van der Waals surface area contributed by atoms with Crippen LogP contribution in [0.1, 0.15) is 36.4 Å². The number of hydrogen-bond acceptors (Lipinski definition) is 8. The summed E-state index contributed by atoms with van der Waals surface area (Å²) >= 11 is 1.28. The summed E-state index contributed by atoms with van der Waals surface area (Å²) in [7, 11) is 0. The molecule has 3 aromatic carbocycles. The molecule has 0 aliphatic carbocycles. The third-order valence-electron chi connectivity index (χ3n) is 6.95. The molecule has 4 heterocycles. The first kappa shape index (κ1) is 26.0. The number of aromatic nitrogens is 5. The Morgan fingerprint density at radius 3 is 2.64 bits per heavy atom. The molecule has 0 amide bonds. The number of hydrogen-bond donors (Lipinski definition) is 0. The zero-order valence-corrected chi connectivity index (χ0v) is 23.9. The first-order chi connectivity index (χ1) is 20.6. The molecule has 10 heteroatoms. The molecule has 6 aromatic rings. The summed E-state index contributed by atoms with van der Waals surface area (Å²) in [4.78, 5) is 18.6. The lowest BCUT2D eigenvalue weighted by Gasteiger charge is -2.24. The Labute approximate surface area is 245 Å². The van der Waals surface area contributed by atoms with Crippen molar-refractivity contribution in [2.24, 2.45) is 0 Å². The molecule has 0 saturated heterocycles. The van der Waals surface area contributed by atoms with Crippen molar-refractivity contribution in [1.29, 1.82) is 0 Å². The summed E-state index contributed by atoms with van der Waals surface area (Å²) in [6.45, 7) is 5.05. The zero-order chi connectivity index (χ0) is 28.6. The maximum absolute atomic E-state index is 13.5. The van der Waals surface area contributed by atoms with Crippen LogP contribution < -0.4 is 24.3 Å². The largest absolute Gasteiger partial charge is 0.493 e. The summed E-state index contributed by atoms with van der Waals surface area (Å²) in [5, 5.41) is 9.42. The molecule has 1 aliphatic heterocycles. The van der Waals surface area contributed by atoms with E-state index < -0.39 is 6.10 Å². The van der Waals surface area contributed by atoms with Crippen molar-refractivity contribution in [3.8, 4) is 34.2 Å². The minimum atomic E-state index is -0.498. The highest BCUT2D eigenvalue weighted by molar-refractivity contribution is 7.15. The SMILES string of the molecule is CCCOc1ccc(-c2nn(-c3ccccc3)cc2C=c2sc3nc(C4COc5ccccc5O4)nn3c2=O)cc1C. The van der Waals surface area contributed by atoms with Gasteiger partial charge in [-0.3, -0.25) is 4.79 Å². The van der Waals surface area contributed by atoms with E-state index in [0.29, 0.717) is 33.4 Å². The number of fused-ring (bicyclic) bond motifs is 2. The number of para-hydroxylation sites is 3. The highest BCUT2D eigenvalue weighted by Gasteiger charge is 2.27. The molecule has 1 unspecified atom stereocenters. The minimum Gasteiger partial charge on any atom is -0.493 e. The van der Waals surface area contributed by atoms with E-state index in [9.17, 15) is 4.79 Å². The van der Waals surface area contributed by atoms with Crippen LogP contribution >= 0.6 is 11.3 Å². The van der Waals surface area contributed by atoms with Gasteiger partial charge in [-0.25, -0.2) is 4.68 Å². The van der Waals surface area contributed by atoms with Gasteiger partial charge in [0.1, 0.15) is 18.1 Å². The Morgan fingerprint density at radius 2 is 1.86 bits per heavy atom. The predicted octanol–water partition coefficient (Wildman–Crippen LogP) is 5.16. The predicted molar refractivity (Wildman–Crippen MR) is 161 cm³/mol. The average molecular weight is 578 g/mol. The average Bonchev–Trinajstić information content (AvgIpc) is 3.71. The van der Waals surface area contributed by atoms with Crippen molar-refractivity contribution in [2.75, 3.05) is 13.2 Å². The fraction of sp³-hybridized carbons (Fsp3) is 0.188. The molecule has 0 N–H and O–H groups in total. The molecule has 1 aliphatic rings. The van der Waals surface area contributed by atoms with Crippen LogP contribution in [-0.4, -0.2) is 37.6 Å². The standard InChI is InChI=1S/C32H27N5O4S/c1-3-15-39-24-14-13-21(16-20(24)2)29-22(18-36(34-29)23-9-5-4-6-10-23)17-28-31(38)37-32(42-28)33-30(35-37)27-19-40-25-11-7-8-12-26(25)41-27/h4-14,16-18,27H,3,15,19H2,1-2H3. The van der Waals surface area contributed by atoms with Gasteiger partial charge in [0.05, 0.1) is 16.8 Å². The second-order valence-electron chi connectivity index (χ2n) is 9.99. The second-order valence-corrected chi connectivity index (χ2v) is 11.0.